The van der Waals surface area contributed by atoms with Crippen LogP contribution in [0.1, 0.15) is 28.8 Å². The molecule has 7 nitrogen and oxygen atoms in total. The smallest absolute Gasteiger partial charge is 0.254 e. The maximum Gasteiger partial charge on any atom is 0.254 e. The Kier molecular flexibility index (Phi) is 5.74. The van der Waals surface area contributed by atoms with Gasteiger partial charge in [-0.3, -0.25) is 9.59 Å². The van der Waals surface area contributed by atoms with Crippen LogP contribution in [0.5, 0.6) is 11.5 Å². The van der Waals surface area contributed by atoms with Crippen LogP contribution in [0.3, 0.4) is 0 Å². The van der Waals surface area contributed by atoms with Gasteiger partial charge in [0.05, 0.1) is 24.9 Å². The van der Waals surface area contributed by atoms with Gasteiger partial charge in [0.1, 0.15) is 12.9 Å². The Morgan fingerprint density at radius 1 is 1.24 bits per heavy atom. The van der Waals surface area contributed by atoms with Gasteiger partial charge < -0.3 is 24.1 Å². The lowest BCUT2D eigenvalue weighted by molar-refractivity contribution is -0.138. The lowest BCUT2D eigenvalue weighted by Crippen LogP contribution is -2.46. The number of hydrogen-bond acceptors (Lipinski definition) is 5. The van der Waals surface area contributed by atoms with E-state index >= 15 is 0 Å². The molecule has 2 aliphatic rings. The van der Waals surface area contributed by atoms with Crippen LogP contribution in [-0.2, 0) is 11.2 Å². The predicted molar refractivity (Wildman–Crippen MR) is 106 cm³/mol. The van der Waals surface area contributed by atoms with Crippen molar-refractivity contribution in [1.82, 2.24) is 10.2 Å². The molecule has 3 heterocycles. The summed E-state index contributed by atoms with van der Waals surface area (Å²) < 4.78 is 16.1. The highest BCUT2D eigenvalue weighted by Crippen LogP contribution is 2.36. The van der Waals surface area contributed by atoms with E-state index in [4.69, 9.17) is 13.9 Å². The molecule has 1 fully saturated rings. The van der Waals surface area contributed by atoms with Gasteiger partial charge in [0.25, 0.3) is 5.91 Å². The average Bonchev–Trinajstić information content (AvgIpc) is 3.31. The number of hydrogen-bond donors (Lipinski definition) is 1. The molecule has 0 aliphatic carbocycles. The Bertz CT molecular complexity index is 856. The molecule has 2 aromatic rings. The fourth-order valence-corrected chi connectivity index (χ4v) is 4.06. The first-order valence-corrected chi connectivity index (χ1v) is 10.0. The van der Waals surface area contributed by atoms with Crippen molar-refractivity contribution in [3.05, 3.63) is 47.9 Å². The van der Waals surface area contributed by atoms with E-state index in [2.05, 4.69) is 5.32 Å². The molecule has 2 aliphatic heterocycles. The summed E-state index contributed by atoms with van der Waals surface area (Å²) in [6.07, 6.45) is 5.37. The number of nitrogens with zero attached hydrogens (tertiary/aromatic N) is 1. The van der Waals surface area contributed by atoms with Crippen molar-refractivity contribution in [2.24, 2.45) is 11.8 Å². The van der Waals surface area contributed by atoms with Gasteiger partial charge in [0.2, 0.25) is 5.91 Å². The molecule has 1 aromatic heterocycles. The molecular weight excluding hydrogens is 372 g/mol. The molecule has 1 N–H and O–H groups in total. The number of amides is 2. The van der Waals surface area contributed by atoms with Crippen molar-refractivity contribution in [3.8, 4) is 11.5 Å². The number of nitrogens with one attached hydrogen (secondary N) is 1. The minimum atomic E-state index is -0.160. The molecule has 0 saturated carbocycles. The first-order valence-electron chi connectivity index (χ1n) is 10.0. The average molecular weight is 398 g/mol. The monoisotopic (exact) mass is 398 g/mol. The van der Waals surface area contributed by atoms with Crippen LogP contribution in [0.25, 0.3) is 0 Å². The second kappa shape index (κ2) is 8.59. The molecule has 2 amide bonds. The number of fused-ring (bicyclic) bond motifs is 1. The number of methoxy groups -OCH3 is 1. The molecule has 1 unspecified atom stereocenters. The molecule has 7 heteroatoms. The van der Waals surface area contributed by atoms with Gasteiger partial charge in [-0.25, -0.2) is 0 Å². The highest BCUT2D eigenvalue weighted by Gasteiger charge is 2.32. The third kappa shape index (κ3) is 4.23. The van der Waals surface area contributed by atoms with Crippen LogP contribution in [0, 0.1) is 11.8 Å². The van der Waals surface area contributed by atoms with Gasteiger partial charge in [-0.2, -0.15) is 0 Å². The Morgan fingerprint density at radius 3 is 2.79 bits per heavy atom. The van der Waals surface area contributed by atoms with Crippen LogP contribution >= 0.6 is 0 Å². The Balaban J connectivity index is 1.26. The van der Waals surface area contributed by atoms with Crippen LogP contribution < -0.4 is 14.8 Å². The van der Waals surface area contributed by atoms with Crippen molar-refractivity contribution in [2.75, 3.05) is 33.4 Å². The summed E-state index contributed by atoms with van der Waals surface area (Å²) in [6.45, 7) is 2.43. The lowest BCUT2D eigenvalue weighted by Gasteiger charge is -2.35. The molecule has 1 aromatic carbocycles. The fraction of sp³-hybridized carbons (Fsp3) is 0.455. The summed E-state index contributed by atoms with van der Waals surface area (Å²) in [5, 5.41) is 2.95. The van der Waals surface area contributed by atoms with Crippen LogP contribution in [-0.4, -0.2) is 50.1 Å². The Morgan fingerprint density at radius 2 is 2.07 bits per heavy atom. The molecule has 1 atom stereocenters. The van der Waals surface area contributed by atoms with E-state index in [0.29, 0.717) is 49.9 Å². The summed E-state index contributed by atoms with van der Waals surface area (Å²) in [5.74, 6) is 1.72. The van der Waals surface area contributed by atoms with Crippen molar-refractivity contribution in [3.63, 3.8) is 0 Å². The normalized spacial score (nSPS) is 19.2. The second-order valence-electron chi connectivity index (χ2n) is 7.65. The predicted octanol–water partition coefficient (Wildman–Crippen LogP) is 2.51. The first kappa shape index (κ1) is 19.4. The van der Waals surface area contributed by atoms with E-state index in [0.717, 1.165) is 24.2 Å². The van der Waals surface area contributed by atoms with E-state index in [-0.39, 0.29) is 17.7 Å². The fourth-order valence-electron chi connectivity index (χ4n) is 4.06. The summed E-state index contributed by atoms with van der Waals surface area (Å²) >= 11 is 0. The van der Waals surface area contributed by atoms with Gasteiger partial charge in [0, 0.05) is 19.6 Å². The topological polar surface area (TPSA) is 81.0 Å². The number of likely N-dealkylation sites (tertiary alicyclic amines) is 1. The van der Waals surface area contributed by atoms with Gasteiger partial charge in [-0.05, 0) is 42.9 Å². The molecule has 154 valence electrons. The van der Waals surface area contributed by atoms with Gasteiger partial charge in [-0.1, -0.05) is 12.1 Å². The molecule has 0 bridgehead atoms. The number of para-hydroxylation sites is 1. The van der Waals surface area contributed by atoms with E-state index in [9.17, 15) is 9.59 Å². The largest absolute Gasteiger partial charge is 0.493 e. The van der Waals surface area contributed by atoms with Crippen LogP contribution in [0.4, 0.5) is 0 Å². The zero-order valence-electron chi connectivity index (χ0n) is 16.6. The summed E-state index contributed by atoms with van der Waals surface area (Å²) in [5.41, 5.74) is 1.55. The standard InChI is InChI=1S/C22H26N2O5/c1-27-19-4-2-3-16-11-18(14-29-20(16)19)22(26)24-8-5-15(6-9-24)12-23-21(25)17-7-10-28-13-17/h2-4,7,10,13,15,18H,5-6,8-9,11-12,14H2,1H3,(H,23,25). The quantitative estimate of drug-likeness (QED) is 0.837. The van der Waals surface area contributed by atoms with Gasteiger partial charge >= 0.3 is 0 Å². The number of furan rings is 1. The number of carbonyl (C=O) groups is 2. The van der Waals surface area contributed by atoms with E-state index in [1.807, 2.05) is 23.1 Å². The van der Waals surface area contributed by atoms with Crippen molar-refractivity contribution < 1.29 is 23.5 Å². The van der Waals surface area contributed by atoms with Gasteiger partial charge in [-0.15, -0.1) is 0 Å². The summed E-state index contributed by atoms with van der Waals surface area (Å²) in [7, 11) is 1.62. The summed E-state index contributed by atoms with van der Waals surface area (Å²) in [6, 6.07) is 7.44. The SMILES string of the molecule is COc1cccc2c1OCC(C(=O)N1CCC(CNC(=O)c3ccoc3)CC1)C2. The van der Waals surface area contributed by atoms with E-state index in [1.165, 1.54) is 12.5 Å². The van der Waals surface area contributed by atoms with E-state index < -0.39 is 0 Å². The number of benzene rings is 1. The molecule has 4 rings (SSSR count). The third-order valence-corrected chi connectivity index (χ3v) is 5.79. The number of piperidine rings is 1. The highest BCUT2D eigenvalue weighted by atomic mass is 16.5. The molecule has 29 heavy (non-hydrogen) atoms. The minimum absolute atomic E-state index is 0.120. The van der Waals surface area contributed by atoms with Gasteiger partial charge in [0.15, 0.2) is 11.5 Å². The number of carbonyl (C=O) groups excluding carboxylic acids is 2. The zero-order chi connectivity index (χ0) is 20.2. The van der Waals surface area contributed by atoms with Crippen LogP contribution in [0.2, 0.25) is 0 Å². The first-order chi connectivity index (χ1) is 14.2. The number of ether oxygens (including phenoxy) is 2. The maximum absolute atomic E-state index is 13.0. The van der Waals surface area contributed by atoms with E-state index in [1.54, 1.807) is 13.2 Å². The van der Waals surface area contributed by atoms with Crippen LogP contribution in [0.15, 0.2) is 41.2 Å². The maximum atomic E-state index is 13.0. The molecule has 0 radical (unpaired) electrons. The molecular formula is C22H26N2O5. The highest BCUT2D eigenvalue weighted by molar-refractivity contribution is 5.93. The number of rotatable bonds is 5. The minimum Gasteiger partial charge on any atom is -0.493 e. The molecule has 0 spiro atoms. The Hall–Kier alpha value is -2.96. The van der Waals surface area contributed by atoms with Crippen molar-refractivity contribution >= 4 is 11.8 Å². The molecule has 1 saturated heterocycles. The van der Waals surface area contributed by atoms with Crippen molar-refractivity contribution in [1.29, 1.82) is 0 Å². The summed E-state index contributed by atoms with van der Waals surface area (Å²) in [4.78, 5) is 26.9. The zero-order valence-corrected chi connectivity index (χ0v) is 16.6. The Labute approximate surface area is 170 Å². The van der Waals surface area contributed by atoms with Crippen molar-refractivity contribution in [2.45, 2.75) is 19.3 Å². The second-order valence-corrected chi connectivity index (χ2v) is 7.65. The third-order valence-electron chi connectivity index (χ3n) is 5.79. The lowest BCUT2D eigenvalue weighted by atomic mass is 9.92.